The van der Waals surface area contributed by atoms with E-state index in [0.717, 1.165) is 6.20 Å². The van der Waals surface area contributed by atoms with Crippen molar-refractivity contribution in [3.05, 3.63) is 18.1 Å². The molecule has 1 aromatic heterocycles. The Morgan fingerprint density at radius 2 is 2.12 bits per heavy atom. The summed E-state index contributed by atoms with van der Waals surface area (Å²) < 4.78 is 10.8. The zero-order valence-corrected chi connectivity index (χ0v) is 8.91. The average molecular weight is 247 g/mol. The van der Waals surface area contributed by atoms with E-state index in [1.807, 2.05) is 0 Å². The van der Waals surface area contributed by atoms with Gasteiger partial charge in [0.1, 0.15) is 6.04 Å². The Hall–Kier alpha value is -1.34. The second kappa shape index (κ2) is 4.67. The Kier molecular flexibility index (Phi) is 3.71. The van der Waals surface area contributed by atoms with Gasteiger partial charge in [0.05, 0.1) is 11.9 Å². The van der Waals surface area contributed by atoms with Gasteiger partial charge in [0, 0.05) is 12.6 Å². The van der Waals surface area contributed by atoms with E-state index in [-0.39, 0.29) is 12.1 Å². The van der Waals surface area contributed by atoms with Crippen LogP contribution in [-0.4, -0.2) is 36.9 Å². The molecule has 5 N–H and O–H groups in total. The van der Waals surface area contributed by atoms with Crippen molar-refractivity contribution in [1.29, 1.82) is 0 Å². The third kappa shape index (κ3) is 3.35. The van der Waals surface area contributed by atoms with Crippen molar-refractivity contribution >= 4 is 19.0 Å². The summed E-state index contributed by atoms with van der Waals surface area (Å²) in [5.41, 5.74) is 4.87. The van der Waals surface area contributed by atoms with Gasteiger partial charge in [-0.3, -0.25) is 14.3 Å². The second-order valence-electron chi connectivity index (χ2n) is 3.06. The van der Waals surface area contributed by atoms with Crippen LogP contribution in [0.25, 0.3) is 0 Å². The van der Waals surface area contributed by atoms with Crippen LogP contribution in [0.2, 0.25) is 0 Å². The van der Waals surface area contributed by atoms with E-state index in [1.54, 1.807) is 0 Å². The number of carboxylic acids is 1. The molecule has 0 aliphatic carbocycles. The highest BCUT2D eigenvalue weighted by Crippen LogP contribution is 2.31. The molecule has 0 aliphatic heterocycles. The van der Waals surface area contributed by atoms with Crippen molar-refractivity contribution in [3.8, 4) is 0 Å². The molecule has 0 aromatic carbocycles. The van der Waals surface area contributed by atoms with E-state index >= 15 is 0 Å². The molecule has 88 valence electrons. The minimum absolute atomic E-state index is 0.121. The highest BCUT2D eigenvalue weighted by molar-refractivity contribution is 7.59. The number of hydrogen-bond acceptors (Lipinski definition) is 5. The van der Waals surface area contributed by atoms with Gasteiger partial charge in [0.15, 0.2) is 5.44 Å². The van der Waals surface area contributed by atoms with Crippen molar-refractivity contribution in [2.24, 2.45) is 5.73 Å². The topological polar surface area (TPSA) is 147 Å². The van der Waals surface area contributed by atoms with Crippen molar-refractivity contribution in [3.63, 3.8) is 0 Å². The van der Waals surface area contributed by atoms with E-state index in [4.69, 9.17) is 20.6 Å². The third-order valence-electron chi connectivity index (χ3n) is 1.72. The summed E-state index contributed by atoms with van der Waals surface area (Å²) >= 11 is 0. The molecule has 16 heavy (non-hydrogen) atoms. The SMILES string of the molecule is N[C@@H](Cc1cncc(P(=O)(O)O)n1)C(=O)O. The van der Waals surface area contributed by atoms with Crippen LogP contribution >= 0.6 is 7.60 Å². The molecule has 1 atom stereocenters. The summed E-state index contributed by atoms with van der Waals surface area (Å²) in [5.74, 6) is -1.22. The van der Waals surface area contributed by atoms with Gasteiger partial charge in [-0.05, 0) is 0 Å². The van der Waals surface area contributed by atoms with Crippen LogP contribution in [0, 0.1) is 0 Å². The maximum Gasteiger partial charge on any atom is 0.376 e. The Morgan fingerprint density at radius 1 is 1.50 bits per heavy atom. The van der Waals surface area contributed by atoms with Crippen LogP contribution in [0.15, 0.2) is 12.4 Å². The summed E-state index contributed by atoms with van der Waals surface area (Å²) in [7, 11) is -4.47. The minimum Gasteiger partial charge on any atom is -0.480 e. The highest BCUT2D eigenvalue weighted by atomic mass is 31.2. The number of carboxylic acid groups (broad SMARTS) is 1. The third-order valence-corrected chi connectivity index (χ3v) is 2.53. The van der Waals surface area contributed by atoms with Crippen molar-refractivity contribution in [1.82, 2.24) is 9.97 Å². The standard InChI is InChI=1S/C7H10N3O5P/c8-5(7(11)12)1-4-2-9-3-6(10-4)16(13,14)15/h2-3,5H,1,8H2,(H,11,12)(H2,13,14,15)/t5-/m0/s1. The monoisotopic (exact) mass is 247 g/mol. The lowest BCUT2D eigenvalue weighted by atomic mass is 10.2. The van der Waals surface area contributed by atoms with Gasteiger partial charge in [0.2, 0.25) is 0 Å². The van der Waals surface area contributed by atoms with Gasteiger partial charge in [-0.1, -0.05) is 0 Å². The summed E-state index contributed by atoms with van der Waals surface area (Å²) in [6, 6.07) is -1.18. The maximum atomic E-state index is 10.8. The molecule has 1 rings (SSSR count). The number of rotatable bonds is 4. The van der Waals surface area contributed by atoms with Gasteiger partial charge in [0.25, 0.3) is 0 Å². The first-order chi connectivity index (χ1) is 7.30. The van der Waals surface area contributed by atoms with E-state index < -0.39 is 25.0 Å². The normalized spacial score (nSPS) is 13.4. The van der Waals surface area contributed by atoms with Crippen LogP contribution in [0.5, 0.6) is 0 Å². The molecule has 1 aromatic rings. The highest BCUT2D eigenvalue weighted by Gasteiger charge is 2.21. The van der Waals surface area contributed by atoms with Crippen molar-refractivity contribution in [2.45, 2.75) is 12.5 Å². The van der Waals surface area contributed by atoms with Gasteiger partial charge in [-0.2, -0.15) is 0 Å². The van der Waals surface area contributed by atoms with Crippen LogP contribution in [0.1, 0.15) is 5.69 Å². The molecule has 9 heteroatoms. The quantitative estimate of drug-likeness (QED) is 0.457. The van der Waals surface area contributed by atoms with E-state index in [1.165, 1.54) is 6.20 Å². The number of nitrogens with zero attached hydrogens (tertiary/aromatic N) is 2. The maximum absolute atomic E-state index is 10.8. The van der Waals surface area contributed by atoms with Crippen molar-refractivity contribution < 1.29 is 24.3 Å². The van der Waals surface area contributed by atoms with E-state index in [2.05, 4.69) is 9.97 Å². The molecular formula is C7H10N3O5P. The smallest absolute Gasteiger partial charge is 0.376 e. The summed E-state index contributed by atoms with van der Waals surface area (Å²) in [4.78, 5) is 35.3. The van der Waals surface area contributed by atoms with Crippen LogP contribution in [0.4, 0.5) is 0 Å². The fourth-order valence-electron chi connectivity index (χ4n) is 0.946. The molecule has 0 aliphatic rings. The van der Waals surface area contributed by atoms with E-state index in [9.17, 15) is 9.36 Å². The first kappa shape index (κ1) is 12.7. The lowest BCUT2D eigenvalue weighted by molar-refractivity contribution is -0.138. The zero-order chi connectivity index (χ0) is 12.3. The fraction of sp³-hybridized carbons (Fsp3) is 0.286. The fourth-order valence-corrected chi connectivity index (χ4v) is 1.42. The lowest BCUT2D eigenvalue weighted by Gasteiger charge is -2.07. The summed E-state index contributed by atoms with van der Waals surface area (Å²) in [5, 5.41) is 8.55. The summed E-state index contributed by atoms with van der Waals surface area (Å²) in [6.07, 6.45) is 1.99. The zero-order valence-electron chi connectivity index (χ0n) is 8.02. The molecule has 0 amide bonds. The Morgan fingerprint density at radius 3 is 2.62 bits per heavy atom. The van der Waals surface area contributed by atoms with Crippen molar-refractivity contribution in [2.75, 3.05) is 0 Å². The molecule has 0 spiro atoms. The van der Waals surface area contributed by atoms with Crippen LogP contribution in [-0.2, 0) is 15.8 Å². The first-order valence-electron chi connectivity index (χ1n) is 4.16. The Balaban J connectivity index is 2.92. The van der Waals surface area contributed by atoms with Crippen LogP contribution < -0.4 is 11.2 Å². The average Bonchev–Trinajstić information content (AvgIpc) is 2.16. The molecule has 0 saturated heterocycles. The Labute approximate surface area is 90.3 Å². The molecule has 0 radical (unpaired) electrons. The second-order valence-corrected chi connectivity index (χ2v) is 4.61. The lowest BCUT2D eigenvalue weighted by Crippen LogP contribution is -2.33. The Bertz CT molecular complexity index is 445. The van der Waals surface area contributed by atoms with Gasteiger partial charge >= 0.3 is 13.6 Å². The molecule has 0 bridgehead atoms. The molecule has 0 fully saturated rings. The number of aromatic nitrogens is 2. The van der Waals surface area contributed by atoms with Gasteiger partial charge in [-0.15, -0.1) is 0 Å². The molecule has 0 saturated carbocycles. The predicted molar refractivity (Wildman–Crippen MR) is 53.0 cm³/mol. The van der Waals surface area contributed by atoms with Gasteiger partial charge in [-0.25, -0.2) is 4.98 Å². The minimum atomic E-state index is -4.47. The van der Waals surface area contributed by atoms with E-state index in [0.29, 0.717) is 0 Å². The molecular weight excluding hydrogens is 237 g/mol. The first-order valence-corrected chi connectivity index (χ1v) is 5.77. The number of aliphatic carboxylic acids is 1. The number of carbonyl (C=O) groups is 1. The number of hydrogen-bond donors (Lipinski definition) is 4. The molecule has 1 heterocycles. The largest absolute Gasteiger partial charge is 0.480 e. The summed E-state index contributed by atoms with van der Waals surface area (Å²) in [6.45, 7) is 0. The van der Waals surface area contributed by atoms with Gasteiger partial charge < -0.3 is 20.6 Å². The van der Waals surface area contributed by atoms with Crippen LogP contribution in [0.3, 0.4) is 0 Å². The molecule has 0 unspecified atom stereocenters. The number of nitrogens with two attached hydrogens (primary N) is 1. The molecule has 8 nitrogen and oxygen atoms in total. The predicted octanol–water partition coefficient (Wildman–Crippen LogP) is -1.77.